The van der Waals surface area contributed by atoms with E-state index in [0.29, 0.717) is 16.5 Å². The maximum absolute atomic E-state index is 13.1. The normalized spacial score (nSPS) is 10.4. The standard InChI is InChI=1S/C12H9BrClFN2/c1-7-11(13)2-3-12(16-7)17-10-5-8(14)4-9(15)6-10/h2-6H,1H3,(H,16,17). The van der Waals surface area contributed by atoms with Gasteiger partial charge in [0.05, 0.1) is 5.69 Å². The van der Waals surface area contributed by atoms with Crippen LogP contribution in [0.4, 0.5) is 15.9 Å². The molecule has 0 amide bonds. The largest absolute Gasteiger partial charge is 0.340 e. The van der Waals surface area contributed by atoms with E-state index in [1.54, 1.807) is 12.1 Å². The van der Waals surface area contributed by atoms with Crippen LogP contribution >= 0.6 is 27.5 Å². The van der Waals surface area contributed by atoms with Crippen LogP contribution in [0.2, 0.25) is 5.02 Å². The average Bonchev–Trinajstić information content (AvgIpc) is 2.22. The lowest BCUT2D eigenvalue weighted by atomic mass is 10.3. The van der Waals surface area contributed by atoms with E-state index in [2.05, 4.69) is 26.2 Å². The van der Waals surface area contributed by atoms with E-state index in [-0.39, 0.29) is 5.82 Å². The Balaban J connectivity index is 2.28. The molecule has 0 aliphatic rings. The van der Waals surface area contributed by atoms with E-state index >= 15 is 0 Å². The number of nitrogens with one attached hydrogen (secondary N) is 1. The highest BCUT2D eigenvalue weighted by Gasteiger charge is 2.02. The van der Waals surface area contributed by atoms with Gasteiger partial charge in [-0.25, -0.2) is 9.37 Å². The van der Waals surface area contributed by atoms with Crippen molar-refractivity contribution in [2.24, 2.45) is 0 Å². The second kappa shape index (κ2) is 5.02. The lowest BCUT2D eigenvalue weighted by Crippen LogP contribution is -1.95. The molecule has 88 valence electrons. The van der Waals surface area contributed by atoms with Crippen molar-refractivity contribution in [2.45, 2.75) is 6.92 Å². The summed E-state index contributed by atoms with van der Waals surface area (Å²) in [6.07, 6.45) is 0. The third kappa shape index (κ3) is 3.17. The van der Waals surface area contributed by atoms with Gasteiger partial charge >= 0.3 is 0 Å². The van der Waals surface area contributed by atoms with Crippen LogP contribution in [0, 0.1) is 12.7 Å². The summed E-state index contributed by atoms with van der Waals surface area (Å²) >= 11 is 9.13. The highest BCUT2D eigenvalue weighted by molar-refractivity contribution is 9.10. The molecule has 1 aromatic heterocycles. The van der Waals surface area contributed by atoms with Gasteiger partial charge in [0.15, 0.2) is 0 Å². The maximum atomic E-state index is 13.1. The number of halogens is 3. The maximum Gasteiger partial charge on any atom is 0.130 e. The Labute approximate surface area is 112 Å². The molecule has 0 aliphatic carbocycles. The summed E-state index contributed by atoms with van der Waals surface area (Å²) in [6.45, 7) is 1.88. The van der Waals surface area contributed by atoms with Crippen molar-refractivity contribution in [1.29, 1.82) is 0 Å². The van der Waals surface area contributed by atoms with Crippen LogP contribution in [-0.2, 0) is 0 Å². The van der Waals surface area contributed by atoms with Crippen LogP contribution in [0.3, 0.4) is 0 Å². The molecule has 0 atom stereocenters. The Hall–Kier alpha value is -1.13. The van der Waals surface area contributed by atoms with Gasteiger partial charge in [-0.15, -0.1) is 0 Å². The topological polar surface area (TPSA) is 24.9 Å². The molecule has 0 unspecified atom stereocenters. The highest BCUT2D eigenvalue weighted by Crippen LogP contribution is 2.23. The zero-order valence-electron chi connectivity index (χ0n) is 8.97. The third-order valence-electron chi connectivity index (χ3n) is 2.16. The molecule has 2 nitrogen and oxygen atoms in total. The predicted molar refractivity (Wildman–Crippen MR) is 71.4 cm³/mol. The summed E-state index contributed by atoms with van der Waals surface area (Å²) in [5, 5.41) is 3.35. The molecular formula is C12H9BrClFN2. The lowest BCUT2D eigenvalue weighted by Gasteiger charge is -2.07. The number of nitrogens with zero attached hydrogens (tertiary/aromatic N) is 1. The number of anilines is 2. The SMILES string of the molecule is Cc1nc(Nc2cc(F)cc(Cl)c2)ccc1Br. The third-order valence-corrected chi connectivity index (χ3v) is 3.21. The highest BCUT2D eigenvalue weighted by atomic mass is 79.9. The van der Waals surface area contributed by atoms with Crippen molar-refractivity contribution in [3.63, 3.8) is 0 Å². The van der Waals surface area contributed by atoms with Gasteiger partial charge in [-0.1, -0.05) is 11.6 Å². The van der Waals surface area contributed by atoms with Crippen molar-refractivity contribution < 1.29 is 4.39 Å². The fourth-order valence-electron chi connectivity index (χ4n) is 1.39. The number of rotatable bonds is 2. The first-order valence-corrected chi connectivity index (χ1v) is 6.08. The minimum atomic E-state index is -0.381. The quantitative estimate of drug-likeness (QED) is 0.869. The zero-order valence-corrected chi connectivity index (χ0v) is 11.3. The Morgan fingerprint density at radius 2 is 2.06 bits per heavy atom. The van der Waals surface area contributed by atoms with E-state index in [1.165, 1.54) is 12.1 Å². The van der Waals surface area contributed by atoms with Crippen molar-refractivity contribution in [3.05, 3.63) is 51.3 Å². The van der Waals surface area contributed by atoms with Crippen LogP contribution in [0.5, 0.6) is 0 Å². The van der Waals surface area contributed by atoms with Gasteiger partial charge in [0.2, 0.25) is 0 Å². The van der Waals surface area contributed by atoms with Gasteiger partial charge in [0, 0.05) is 15.2 Å². The smallest absolute Gasteiger partial charge is 0.130 e. The second-order valence-corrected chi connectivity index (χ2v) is 4.84. The van der Waals surface area contributed by atoms with Gasteiger partial charge in [-0.2, -0.15) is 0 Å². The molecule has 0 radical (unpaired) electrons. The first kappa shape index (κ1) is 12.3. The number of hydrogen-bond donors (Lipinski definition) is 1. The van der Waals surface area contributed by atoms with Crippen molar-refractivity contribution in [3.8, 4) is 0 Å². The Morgan fingerprint density at radius 1 is 1.29 bits per heavy atom. The summed E-state index contributed by atoms with van der Waals surface area (Å²) in [6, 6.07) is 7.95. The predicted octanol–water partition coefficient (Wildman–Crippen LogP) is 4.69. The minimum absolute atomic E-state index is 0.348. The summed E-state index contributed by atoms with van der Waals surface area (Å²) in [5.74, 6) is 0.265. The molecule has 0 spiro atoms. The number of aromatic nitrogens is 1. The van der Waals surface area contributed by atoms with E-state index in [4.69, 9.17) is 11.6 Å². The molecule has 0 aliphatic heterocycles. The van der Waals surface area contributed by atoms with Crippen molar-refractivity contribution >= 4 is 39.0 Å². The summed E-state index contributed by atoms with van der Waals surface area (Å²) < 4.78 is 14.1. The van der Waals surface area contributed by atoms with E-state index < -0.39 is 0 Å². The van der Waals surface area contributed by atoms with Crippen LogP contribution in [-0.4, -0.2) is 4.98 Å². The lowest BCUT2D eigenvalue weighted by molar-refractivity contribution is 0.628. The molecule has 1 N–H and O–H groups in total. The molecule has 1 aromatic carbocycles. The van der Waals surface area contributed by atoms with Gasteiger partial charge < -0.3 is 5.32 Å². The molecule has 0 saturated heterocycles. The zero-order chi connectivity index (χ0) is 12.4. The van der Waals surface area contributed by atoms with Crippen molar-refractivity contribution in [1.82, 2.24) is 4.98 Å². The second-order valence-electron chi connectivity index (χ2n) is 3.55. The molecule has 5 heteroatoms. The van der Waals surface area contributed by atoms with Gasteiger partial charge in [0.1, 0.15) is 11.6 Å². The van der Waals surface area contributed by atoms with E-state index in [0.717, 1.165) is 10.2 Å². The molecule has 1 heterocycles. The Kier molecular flexibility index (Phi) is 3.64. The summed E-state index contributed by atoms with van der Waals surface area (Å²) in [5.41, 5.74) is 1.43. The van der Waals surface area contributed by atoms with Gasteiger partial charge in [-0.05, 0) is 53.2 Å². The number of aryl methyl sites for hydroxylation is 1. The minimum Gasteiger partial charge on any atom is -0.340 e. The molecule has 0 saturated carbocycles. The van der Waals surface area contributed by atoms with E-state index in [9.17, 15) is 4.39 Å². The van der Waals surface area contributed by atoms with Crippen LogP contribution in [0.25, 0.3) is 0 Å². The number of pyridine rings is 1. The fourth-order valence-corrected chi connectivity index (χ4v) is 1.83. The molecule has 2 aromatic rings. The van der Waals surface area contributed by atoms with E-state index in [1.807, 2.05) is 13.0 Å². The van der Waals surface area contributed by atoms with Gasteiger partial charge in [-0.3, -0.25) is 0 Å². The Bertz CT molecular complexity index is 540. The van der Waals surface area contributed by atoms with Crippen molar-refractivity contribution in [2.75, 3.05) is 5.32 Å². The fraction of sp³-hybridized carbons (Fsp3) is 0.0833. The first-order chi connectivity index (χ1) is 8.04. The number of benzene rings is 1. The molecule has 2 rings (SSSR count). The molecule has 17 heavy (non-hydrogen) atoms. The first-order valence-electron chi connectivity index (χ1n) is 4.91. The molecule has 0 fully saturated rings. The average molecular weight is 316 g/mol. The van der Waals surface area contributed by atoms with Crippen LogP contribution in [0.1, 0.15) is 5.69 Å². The molecule has 0 bridgehead atoms. The van der Waals surface area contributed by atoms with Crippen LogP contribution < -0.4 is 5.32 Å². The van der Waals surface area contributed by atoms with Gasteiger partial charge in [0.25, 0.3) is 0 Å². The molecular weight excluding hydrogens is 307 g/mol. The Morgan fingerprint density at radius 3 is 2.71 bits per heavy atom. The van der Waals surface area contributed by atoms with Crippen LogP contribution in [0.15, 0.2) is 34.8 Å². The monoisotopic (exact) mass is 314 g/mol. The number of hydrogen-bond acceptors (Lipinski definition) is 2. The summed E-state index contributed by atoms with van der Waals surface area (Å²) in [7, 11) is 0. The summed E-state index contributed by atoms with van der Waals surface area (Å²) in [4.78, 5) is 4.30.